The lowest BCUT2D eigenvalue weighted by atomic mass is 10.1. The van der Waals surface area contributed by atoms with Gasteiger partial charge in [0.2, 0.25) is 0 Å². The van der Waals surface area contributed by atoms with E-state index in [4.69, 9.17) is 5.11 Å². The normalized spacial score (nSPS) is 10.9. The molecule has 4 nitrogen and oxygen atoms in total. The van der Waals surface area contributed by atoms with Crippen LogP contribution in [0.15, 0.2) is 13.6 Å². The van der Waals surface area contributed by atoms with Crippen LogP contribution in [0.5, 0.6) is 0 Å². The van der Waals surface area contributed by atoms with Crippen molar-refractivity contribution in [3.8, 4) is 0 Å². The van der Waals surface area contributed by atoms with Crippen molar-refractivity contribution in [1.82, 2.24) is 0 Å². The highest BCUT2D eigenvalue weighted by Crippen LogP contribution is 2.17. The van der Waals surface area contributed by atoms with E-state index in [0.717, 1.165) is 0 Å². The van der Waals surface area contributed by atoms with Gasteiger partial charge in [-0.15, -0.1) is 0 Å². The van der Waals surface area contributed by atoms with Crippen molar-refractivity contribution in [2.45, 2.75) is 26.4 Å². The lowest BCUT2D eigenvalue weighted by Gasteiger charge is -1.97. The standard InChI is InChI=1S/C7H10O4/c1-4(2)6-5(3-8)10-7(9)11-6/h4,8H,3H2,1-2H3. The lowest BCUT2D eigenvalue weighted by Crippen LogP contribution is -1.90. The Morgan fingerprint density at radius 1 is 1.45 bits per heavy atom. The molecule has 0 aliphatic heterocycles. The summed E-state index contributed by atoms with van der Waals surface area (Å²) in [5, 5.41) is 8.69. The van der Waals surface area contributed by atoms with Crippen LogP contribution in [0.1, 0.15) is 31.3 Å². The molecule has 11 heavy (non-hydrogen) atoms. The molecule has 0 radical (unpaired) electrons. The van der Waals surface area contributed by atoms with Gasteiger partial charge in [0, 0.05) is 5.92 Å². The van der Waals surface area contributed by atoms with Gasteiger partial charge in [0.1, 0.15) is 6.61 Å². The van der Waals surface area contributed by atoms with Gasteiger partial charge in [0.05, 0.1) is 0 Å². The van der Waals surface area contributed by atoms with E-state index in [1.807, 2.05) is 13.8 Å². The van der Waals surface area contributed by atoms with Crippen molar-refractivity contribution in [2.75, 3.05) is 0 Å². The molecular formula is C7H10O4. The van der Waals surface area contributed by atoms with Gasteiger partial charge in [-0.3, -0.25) is 0 Å². The second kappa shape index (κ2) is 2.92. The van der Waals surface area contributed by atoms with E-state index in [9.17, 15) is 4.79 Å². The first-order chi connectivity index (χ1) is 5.15. The Hall–Kier alpha value is -1.03. The van der Waals surface area contributed by atoms with Gasteiger partial charge in [-0.05, 0) is 0 Å². The Labute approximate surface area is 63.4 Å². The average molecular weight is 158 g/mol. The third-order valence-corrected chi connectivity index (χ3v) is 1.34. The van der Waals surface area contributed by atoms with Crippen LogP contribution >= 0.6 is 0 Å². The summed E-state index contributed by atoms with van der Waals surface area (Å²) < 4.78 is 9.24. The third kappa shape index (κ3) is 1.51. The Bertz CT molecular complexity index is 281. The molecule has 0 aromatic carbocycles. The minimum absolute atomic E-state index is 0.0589. The summed E-state index contributed by atoms with van der Waals surface area (Å²) in [6.45, 7) is 3.42. The number of aliphatic hydroxyl groups excluding tert-OH is 1. The summed E-state index contributed by atoms with van der Waals surface area (Å²) >= 11 is 0. The highest BCUT2D eigenvalue weighted by molar-refractivity contribution is 5.06. The van der Waals surface area contributed by atoms with Gasteiger partial charge in [-0.2, -0.15) is 0 Å². The summed E-state index contributed by atoms with van der Waals surface area (Å²) in [6.07, 6.45) is 0. The van der Waals surface area contributed by atoms with Crippen molar-refractivity contribution < 1.29 is 13.9 Å². The third-order valence-electron chi connectivity index (χ3n) is 1.34. The molecule has 0 aliphatic rings. The zero-order chi connectivity index (χ0) is 8.43. The Morgan fingerprint density at radius 3 is 2.45 bits per heavy atom. The Kier molecular flexibility index (Phi) is 2.14. The van der Waals surface area contributed by atoms with Crippen LogP contribution in [0, 0.1) is 0 Å². The molecule has 0 aliphatic carbocycles. The van der Waals surface area contributed by atoms with Crippen molar-refractivity contribution in [3.05, 3.63) is 22.1 Å². The van der Waals surface area contributed by atoms with Crippen molar-refractivity contribution in [1.29, 1.82) is 0 Å². The number of hydrogen-bond acceptors (Lipinski definition) is 4. The molecule has 0 saturated heterocycles. The first-order valence-corrected chi connectivity index (χ1v) is 3.38. The number of hydrogen-bond donors (Lipinski definition) is 1. The van der Waals surface area contributed by atoms with Gasteiger partial charge in [0.15, 0.2) is 11.5 Å². The minimum atomic E-state index is -0.752. The molecule has 0 bridgehead atoms. The van der Waals surface area contributed by atoms with E-state index >= 15 is 0 Å². The molecule has 1 aromatic heterocycles. The summed E-state index contributed by atoms with van der Waals surface area (Å²) in [5.41, 5.74) is 0. The second-order valence-corrected chi connectivity index (χ2v) is 2.55. The van der Waals surface area contributed by atoms with Crippen LogP contribution in [0.25, 0.3) is 0 Å². The van der Waals surface area contributed by atoms with Gasteiger partial charge in [-0.1, -0.05) is 13.8 Å². The molecule has 0 fully saturated rings. The first kappa shape index (κ1) is 8.07. The summed E-state index contributed by atoms with van der Waals surface area (Å²) in [6, 6.07) is 0. The molecular weight excluding hydrogens is 148 g/mol. The van der Waals surface area contributed by atoms with E-state index < -0.39 is 5.82 Å². The smallest absolute Gasteiger partial charge is 0.395 e. The van der Waals surface area contributed by atoms with E-state index in [2.05, 4.69) is 8.83 Å². The SMILES string of the molecule is CC(C)c1oc(=O)oc1CO. The van der Waals surface area contributed by atoms with Gasteiger partial charge in [0.25, 0.3) is 0 Å². The molecule has 62 valence electrons. The predicted molar refractivity (Wildman–Crippen MR) is 37.3 cm³/mol. The van der Waals surface area contributed by atoms with Crippen LogP contribution in [0.4, 0.5) is 0 Å². The van der Waals surface area contributed by atoms with E-state index in [1.54, 1.807) is 0 Å². The van der Waals surface area contributed by atoms with Crippen molar-refractivity contribution in [2.24, 2.45) is 0 Å². The maximum absolute atomic E-state index is 10.5. The lowest BCUT2D eigenvalue weighted by molar-refractivity contribution is 0.240. The summed E-state index contributed by atoms with van der Waals surface area (Å²) in [7, 11) is 0. The topological polar surface area (TPSA) is 63.6 Å². The van der Waals surface area contributed by atoms with Crippen molar-refractivity contribution >= 4 is 0 Å². The van der Waals surface area contributed by atoms with Crippen LogP contribution in [0.2, 0.25) is 0 Å². The molecule has 0 amide bonds. The zero-order valence-electron chi connectivity index (χ0n) is 6.46. The summed E-state index contributed by atoms with van der Waals surface area (Å²) in [5.74, 6) is -0.0381. The maximum Gasteiger partial charge on any atom is 0.519 e. The second-order valence-electron chi connectivity index (χ2n) is 2.55. The molecule has 1 N–H and O–H groups in total. The fourth-order valence-electron chi connectivity index (χ4n) is 0.868. The predicted octanol–water partition coefficient (Wildman–Crippen LogP) is 0.849. The molecule has 4 heteroatoms. The first-order valence-electron chi connectivity index (χ1n) is 3.38. The molecule has 0 saturated carbocycles. The van der Waals surface area contributed by atoms with Gasteiger partial charge >= 0.3 is 5.82 Å². The maximum atomic E-state index is 10.5. The average Bonchev–Trinajstić information content (AvgIpc) is 2.30. The summed E-state index contributed by atoms with van der Waals surface area (Å²) in [4.78, 5) is 10.5. The zero-order valence-corrected chi connectivity index (χ0v) is 6.46. The molecule has 1 heterocycles. The minimum Gasteiger partial charge on any atom is -0.395 e. The number of rotatable bonds is 2. The van der Waals surface area contributed by atoms with Crippen LogP contribution in [-0.2, 0) is 6.61 Å². The highest BCUT2D eigenvalue weighted by atomic mass is 16.6. The number of aliphatic hydroxyl groups is 1. The van der Waals surface area contributed by atoms with Crippen molar-refractivity contribution in [3.63, 3.8) is 0 Å². The van der Waals surface area contributed by atoms with Gasteiger partial charge < -0.3 is 13.9 Å². The molecule has 0 unspecified atom stereocenters. The Balaban J connectivity index is 3.12. The highest BCUT2D eigenvalue weighted by Gasteiger charge is 2.14. The fraction of sp³-hybridized carbons (Fsp3) is 0.571. The largest absolute Gasteiger partial charge is 0.519 e. The molecule has 0 spiro atoms. The van der Waals surface area contributed by atoms with Gasteiger partial charge in [-0.25, -0.2) is 4.79 Å². The molecule has 1 aromatic rings. The Morgan fingerprint density at radius 2 is 2.09 bits per heavy atom. The van der Waals surface area contributed by atoms with Crippen LogP contribution < -0.4 is 5.82 Å². The van der Waals surface area contributed by atoms with Crippen LogP contribution in [0.3, 0.4) is 0 Å². The van der Waals surface area contributed by atoms with E-state index in [0.29, 0.717) is 5.76 Å². The molecule has 0 atom stereocenters. The van der Waals surface area contributed by atoms with E-state index in [-0.39, 0.29) is 18.3 Å². The van der Waals surface area contributed by atoms with E-state index in [1.165, 1.54) is 0 Å². The molecule has 1 rings (SSSR count). The quantitative estimate of drug-likeness (QED) is 0.692. The van der Waals surface area contributed by atoms with Crippen LogP contribution in [-0.4, -0.2) is 5.11 Å². The fourth-order valence-corrected chi connectivity index (χ4v) is 0.868. The monoisotopic (exact) mass is 158 g/mol.